The summed E-state index contributed by atoms with van der Waals surface area (Å²) in [6.07, 6.45) is 5.41. The average Bonchev–Trinajstić information content (AvgIpc) is 2.40. The van der Waals surface area contributed by atoms with Gasteiger partial charge in [-0.3, -0.25) is 4.79 Å². The number of nitrogens with two attached hydrogens (primary N) is 1. The van der Waals surface area contributed by atoms with Crippen LogP contribution in [0.2, 0.25) is 0 Å². The molecule has 0 bridgehead atoms. The van der Waals surface area contributed by atoms with Crippen LogP contribution in [0.5, 0.6) is 0 Å². The molecule has 0 spiro atoms. The van der Waals surface area contributed by atoms with Gasteiger partial charge in [-0.2, -0.15) is 0 Å². The third-order valence-corrected chi connectivity index (χ3v) is 3.55. The van der Waals surface area contributed by atoms with E-state index < -0.39 is 0 Å². The summed E-state index contributed by atoms with van der Waals surface area (Å²) in [5.41, 5.74) is 7.04. The third kappa shape index (κ3) is 3.41. The zero-order chi connectivity index (χ0) is 13.8. The van der Waals surface area contributed by atoms with Crippen LogP contribution >= 0.6 is 0 Å². The molecule has 1 aromatic carbocycles. The normalized spacial score (nSPS) is 22.4. The van der Waals surface area contributed by atoms with Crippen molar-refractivity contribution >= 4 is 5.91 Å². The second-order valence-corrected chi connectivity index (χ2v) is 5.03. The number of carbonyl (C=O) groups is 1. The van der Waals surface area contributed by atoms with Crippen LogP contribution in [-0.2, 0) is 11.3 Å². The van der Waals surface area contributed by atoms with Gasteiger partial charge < -0.3 is 11.1 Å². The Morgan fingerprint density at radius 3 is 2.89 bits per heavy atom. The van der Waals surface area contributed by atoms with Crippen molar-refractivity contribution < 1.29 is 9.18 Å². The minimum atomic E-state index is -0.299. The van der Waals surface area contributed by atoms with Crippen LogP contribution < -0.4 is 11.1 Å². The van der Waals surface area contributed by atoms with Crippen LogP contribution in [0.3, 0.4) is 0 Å². The van der Waals surface area contributed by atoms with E-state index in [1.165, 1.54) is 6.07 Å². The second kappa shape index (κ2) is 5.97. The van der Waals surface area contributed by atoms with E-state index in [1.807, 2.05) is 25.1 Å². The summed E-state index contributed by atoms with van der Waals surface area (Å²) in [6.45, 7) is 2.34. The summed E-state index contributed by atoms with van der Waals surface area (Å²) in [5, 5.41) is 3.25. The maximum absolute atomic E-state index is 13.6. The first-order valence-electron chi connectivity index (χ1n) is 6.50. The Kier molecular flexibility index (Phi) is 4.32. The van der Waals surface area contributed by atoms with Crippen LogP contribution in [0.4, 0.5) is 4.39 Å². The molecule has 0 aromatic heterocycles. The van der Waals surface area contributed by atoms with E-state index >= 15 is 0 Å². The highest BCUT2D eigenvalue weighted by Crippen LogP contribution is 2.20. The van der Waals surface area contributed by atoms with E-state index in [2.05, 4.69) is 5.32 Å². The highest BCUT2D eigenvalue weighted by atomic mass is 19.1. The van der Waals surface area contributed by atoms with Gasteiger partial charge in [0.25, 0.3) is 0 Å². The maximum atomic E-state index is 13.6. The number of amides is 1. The molecule has 0 saturated carbocycles. The molecule has 1 amide bonds. The molecule has 0 saturated heterocycles. The zero-order valence-electron chi connectivity index (χ0n) is 11.0. The van der Waals surface area contributed by atoms with Gasteiger partial charge >= 0.3 is 0 Å². The summed E-state index contributed by atoms with van der Waals surface area (Å²) in [5.74, 6) is -0.732. The predicted octanol–water partition coefficient (Wildman–Crippen LogP) is 2.04. The Hall–Kier alpha value is -1.68. The standard InChI is InChI=1S/C15H19FN2O/c1-10-6-7-13(16)11(8-10)9-18-14-5-3-2-4-12(14)15(17)19/h2-3,6-8,12,14,18H,4-5,9H2,1H3,(H2,17,19)/t12-,14-/m1/s1. The maximum Gasteiger partial charge on any atom is 0.222 e. The van der Waals surface area contributed by atoms with Gasteiger partial charge in [-0.05, 0) is 25.8 Å². The molecule has 3 nitrogen and oxygen atoms in total. The number of hydrogen-bond donors (Lipinski definition) is 2. The minimum absolute atomic E-state index is 0.0117. The van der Waals surface area contributed by atoms with Crippen molar-refractivity contribution in [3.05, 3.63) is 47.3 Å². The Morgan fingerprint density at radius 1 is 1.42 bits per heavy atom. The number of allylic oxidation sites excluding steroid dienone is 1. The number of carbonyl (C=O) groups excluding carboxylic acids is 1. The number of hydrogen-bond acceptors (Lipinski definition) is 2. The molecule has 19 heavy (non-hydrogen) atoms. The van der Waals surface area contributed by atoms with Crippen molar-refractivity contribution in [3.63, 3.8) is 0 Å². The van der Waals surface area contributed by atoms with E-state index in [0.717, 1.165) is 12.0 Å². The van der Waals surface area contributed by atoms with Crippen molar-refractivity contribution in [1.29, 1.82) is 0 Å². The molecule has 0 fully saturated rings. The van der Waals surface area contributed by atoms with Gasteiger partial charge in [-0.15, -0.1) is 0 Å². The summed E-state index contributed by atoms with van der Waals surface area (Å²) >= 11 is 0. The fraction of sp³-hybridized carbons (Fsp3) is 0.400. The number of aryl methyl sites for hydroxylation is 1. The first kappa shape index (κ1) is 13.7. The third-order valence-electron chi connectivity index (χ3n) is 3.55. The lowest BCUT2D eigenvalue weighted by Gasteiger charge is -2.27. The minimum Gasteiger partial charge on any atom is -0.369 e. The topological polar surface area (TPSA) is 55.1 Å². The summed E-state index contributed by atoms with van der Waals surface area (Å²) in [6, 6.07) is 5.02. The van der Waals surface area contributed by atoms with Crippen LogP contribution in [0.15, 0.2) is 30.4 Å². The molecule has 0 heterocycles. The molecule has 3 N–H and O–H groups in total. The monoisotopic (exact) mass is 262 g/mol. The fourth-order valence-electron chi connectivity index (χ4n) is 2.43. The van der Waals surface area contributed by atoms with E-state index in [1.54, 1.807) is 6.07 Å². The van der Waals surface area contributed by atoms with Crippen LogP contribution in [0.25, 0.3) is 0 Å². The summed E-state index contributed by atoms with van der Waals surface area (Å²) in [7, 11) is 0. The van der Waals surface area contributed by atoms with Crippen LogP contribution in [0, 0.1) is 18.7 Å². The lowest BCUT2D eigenvalue weighted by molar-refractivity contribution is -0.122. The lowest BCUT2D eigenvalue weighted by Crippen LogP contribution is -2.43. The fourth-order valence-corrected chi connectivity index (χ4v) is 2.43. The van der Waals surface area contributed by atoms with Crippen molar-refractivity contribution in [2.45, 2.75) is 32.4 Å². The van der Waals surface area contributed by atoms with Gasteiger partial charge in [0, 0.05) is 18.2 Å². The number of nitrogens with one attached hydrogen (secondary N) is 1. The van der Waals surface area contributed by atoms with Gasteiger partial charge in [0.2, 0.25) is 5.91 Å². The van der Waals surface area contributed by atoms with Gasteiger partial charge in [0.05, 0.1) is 5.92 Å². The van der Waals surface area contributed by atoms with E-state index in [-0.39, 0.29) is 23.7 Å². The first-order valence-corrected chi connectivity index (χ1v) is 6.50. The first-order chi connectivity index (χ1) is 9.08. The number of benzene rings is 1. The molecule has 0 unspecified atom stereocenters. The number of halogens is 1. The van der Waals surface area contributed by atoms with Gasteiger partial charge in [0.1, 0.15) is 5.82 Å². The van der Waals surface area contributed by atoms with E-state index in [0.29, 0.717) is 18.5 Å². The van der Waals surface area contributed by atoms with Gasteiger partial charge in [-0.1, -0.05) is 29.8 Å². The lowest BCUT2D eigenvalue weighted by atomic mass is 9.88. The molecule has 1 aromatic rings. The smallest absolute Gasteiger partial charge is 0.222 e. The SMILES string of the molecule is Cc1ccc(F)c(CN[C@@H]2CC=CC[C@H]2C(N)=O)c1. The molecular weight excluding hydrogens is 243 g/mol. The van der Waals surface area contributed by atoms with Gasteiger partial charge in [0.15, 0.2) is 0 Å². The molecule has 2 rings (SSSR count). The quantitative estimate of drug-likeness (QED) is 0.816. The Bertz CT molecular complexity index is 499. The van der Waals surface area contributed by atoms with Crippen LogP contribution in [0.1, 0.15) is 24.0 Å². The van der Waals surface area contributed by atoms with Crippen molar-refractivity contribution in [2.75, 3.05) is 0 Å². The highest BCUT2D eigenvalue weighted by molar-refractivity contribution is 5.77. The average molecular weight is 262 g/mol. The van der Waals surface area contributed by atoms with E-state index in [9.17, 15) is 9.18 Å². The summed E-state index contributed by atoms with van der Waals surface area (Å²) in [4.78, 5) is 11.4. The Labute approximate surface area is 112 Å². The number of primary amides is 1. The van der Waals surface area contributed by atoms with Crippen molar-refractivity contribution in [1.82, 2.24) is 5.32 Å². The Balaban J connectivity index is 2.03. The van der Waals surface area contributed by atoms with Crippen molar-refractivity contribution in [3.8, 4) is 0 Å². The van der Waals surface area contributed by atoms with E-state index in [4.69, 9.17) is 5.73 Å². The molecule has 102 valence electrons. The molecule has 0 aliphatic heterocycles. The zero-order valence-corrected chi connectivity index (χ0v) is 11.0. The molecule has 0 radical (unpaired) electrons. The van der Waals surface area contributed by atoms with Gasteiger partial charge in [-0.25, -0.2) is 4.39 Å². The number of rotatable bonds is 4. The largest absolute Gasteiger partial charge is 0.369 e. The molecule has 4 heteroatoms. The predicted molar refractivity (Wildman–Crippen MR) is 72.8 cm³/mol. The second-order valence-electron chi connectivity index (χ2n) is 5.03. The van der Waals surface area contributed by atoms with Crippen molar-refractivity contribution in [2.24, 2.45) is 11.7 Å². The molecule has 2 atom stereocenters. The summed E-state index contributed by atoms with van der Waals surface area (Å²) < 4.78 is 13.6. The molecule has 1 aliphatic rings. The Morgan fingerprint density at radius 2 is 2.16 bits per heavy atom. The molecular formula is C15H19FN2O. The highest BCUT2D eigenvalue weighted by Gasteiger charge is 2.26. The van der Waals surface area contributed by atoms with Crippen LogP contribution in [-0.4, -0.2) is 11.9 Å². The molecule has 1 aliphatic carbocycles.